The first-order valence-corrected chi connectivity index (χ1v) is 8.79. The minimum Gasteiger partial charge on any atom is -0.508 e. The maximum Gasteiger partial charge on any atom is 0.209 e. The number of hydrogen-bond acceptors (Lipinski definition) is 4. The number of piperidine rings is 1. The highest BCUT2D eigenvalue weighted by molar-refractivity contribution is 5.55. The number of phenols is 1. The Morgan fingerprint density at radius 3 is 2.44 bits per heavy atom. The molecule has 0 spiro atoms. The lowest BCUT2D eigenvalue weighted by molar-refractivity contribution is 0.188. The molecule has 1 N–H and O–H groups in total. The molecule has 2 heterocycles. The van der Waals surface area contributed by atoms with Gasteiger partial charge in [0.25, 0.3) is 0 Å². The van der Waals surface area contributed by atoms with E-state index in [9.17, 15) is 5.11 Å². The van der Waals surface area contributed by atoms with E-state index in [1.807, 2.05) is 48.7 Å². The van der Waals surface area contributed by atoms with Gasteiger partial charge in [-0.2, -0.15) is 0 Å². The summed E-state index contributed by atoms with van der Waals surface area (Å²) < 4.78 is 5.92. The summed E-state index contributed by atoms with van der Waals surface area (Å²) in [7, 11) is 0. The van der Waals surface area contributed by atoms with Crippen molar-refractivity contribution in [2.45, 2.75) is 25.3 Å². The molecule has 1 aliphatic rings. The average molecular weight is 334 g/mol. The Hall–Kier alpha value is -2.59. The summed E-state index contributed by atoms with van der Waals surface area (Å²) in [5.41, 5.74) is 2.38. The van der Waals surface area contributed by atoms with Crippen molar-refractivity contribution in [3.8, 4) is 17.1 Å². The predicted octanol–water partition coefficient (Wildman–Crippen LogP) is 4.43. The third-order valence-corrected chi connectivity index (χ3v) is 4.92. The standard InChI is InChI=1S/C21H22N2O2/c24-19-8-6-16(7-9-19)17-10-12-23(13-11-17)15-21-22-14-20(25-21)18-4-2-1-3-5-18/h1-9,14,17,24H,10-13,15H2. The number of nitrogens with zero attached hydrogens (tertiary/aromatic N) is 2. The zero-order valence-electron chi connectivity index (χ0n) is 14.1. The zero-order valence-corrected chi connectivity index (χ0v) is 14.1. The Labute approximate surface area is 147 Å². The molecule has 0 atom stereocenters. The quantitative estimate of drug-likeness (QED) is 0.767. The number of oxazole rings is 1. The van der Waals surface area contributed by atoms with E-state index in [0.29, 0.717) is 11.7 Å². The second kappa shape index (κ2) is 7.11. The number of hydrogen-bond donors (Lipinski definition) is 1. The number of aromatic hydroxyl groups is 1. The predicted molar refractivity (Wildman–Crippen MR) is 97.3 cm³/mol. The Morgan fingerprint density at radius 2 is 1.72 bits per heavy atom. The van der Waals surface area contributed by atoms with Crippen LogP contribution in [0.25, 0.3) is 11.3 Å². The molecule has 1 fully saturated rings. The van der Waals surface area contributed by atoms with Gasteiger partial charge in [-0.3, -0.25) is 4.90 Å². The lowest BCUT2D eigenvalue weighted by Gasteiger charge is -2.31. The fourth-order valence-electron chi connectivity index (χ4n) is 3.48. The summed E-state index contributed by atoms with van der Waals surface area (Å²) >= 11 is 0. The molecule has 0 bridgehead atoms. The molecular weight excluding hydrogens is 312 g/mol. The van der Waals surface area contributed by atoms with Crippen LogP contribution in [0, 0.1) is 0 Å². The van der Waals surface area contributed by atoms with Crippen LogP contribution in [0.5, 0.6) is 5.75 Å². The molecule has 3 aromatic rings. The van der Waals surface area contributed by atoms with E-state index >= 15 is 0 Å². The fourth-order valence-corrected chi connectivity index (χ4v) is 3.48. The van der Waals surface area contributed by atoms with Crippen LogP contribution in [-0.4, -0.2) is 28.1 Å². The number of likely N-dealkylation sites (tertiary alicyclic amines) is 1. The van der Waals surface area contributed by atoms with Crippen LogP contribution in [0.2, 0.25) is 0 Å². The van der Waals surface area contributed by atoms with Gasteiger partial charge in [0.15, 0.2) is 5.76 Å². The second-order valence-electron chi connectivity index (χ2n) is 6.63. The van der Waals surface area contributed by atoms with Crippen LogP contribution >= 0.6 is 0 Å². The molecule has 25 heavy (non-hydrogen) atoms. The van der Waals surface area contributed by atoms with Crippen molar-refractivity contribution < 1.29 is 9.52 Å². The van der Waals surface area contributed by atoms with Gasteiger partial charge in [0.1, 0.15) is 5.75 Å². The highest BCUT2D eigenvalue weighted by Crippen LogP contribution is 2.30. The van der Waals surface area contributed by atoms with Gasteiger partial charge in [-0.05, 0) is 49.5 Å². The Kier molecular flexibility index (Phi) is 4.53. The van der Waals surface area contributed by atoms with E-state index in [4.69, 9.17) is 4.42 Å². The highest BCUT2D eigenvalue weighted by atomic mass is 16.4. The van der Waals surface area contributed by atoms with Crippen molar-refractivity contribution in [3.63, 3.8) is 0 Å². The summed E-state index contributed by atoms with van der Waals surface area (Å²) in [4.78, 5) is 6.84. The largest absolute Gasteiger partial charge is 0.508 e. The first-order valence-electron chi connectivity index (χ1n) is 8.79. The van der Waals surface area contributed by atoms with E-state index in [1.54, 1.807) is 12.1 Å². The van der Waals surface area contributed by atoms with Gasteiger partial charge in [-0.1, -0.05) is 42.5 Å². The summed E-state index contributed by atoms with van der Waals surface area (Å²) in [6, 6.07) is 17.7. The molecule has 2 aromatic carbocycles. The van der Waals surface area contributed by atoms with Crippen molar-refractivity contribution in [2.24, 2.45) is 0 Å². The molecule has 1 aliphatic heterocycles. The molecule has 4 rings (SSSR count). The van der Waals surface area contributed by atoms with E-state index in [0.717, 1.165) is 49.7 Å². The Bertz CT molecular complexity index is 803. The summed E-state index contributed by atoms with van der Waals surface area (Å²) in [5, 5.41) is 9.42. The second-order valence-corrected chi connectivity index (χ2v) is 6.63. The van der Waals surface area contributed by atoms with E-state index in [-0.39, 0.29) is 0 Å². The summed E-state index contributed by atoms with van der Waals surface area (Å²) in [6.07, 6.45) is 4.06. The number of phenolic OH excluding ortho intramolecular Hbond substituents is 1. The van der Waals surface area contributed by atoms with E-state index in [2.05, 4.69) is 9.88 Å². The summed E-state index contributed by atoms with van der Waals surface area (Å²) in [5.74, 6) is 2.51. The molecule has 1 saturated heterocycles. The molecule has 4 nitrogen and oxygen atoms in total. The van der Waals surface area contributed by atoms with E-state index in [1.165, 1.54) is 5.56 Å². The normalized spacial score (nSPS) is 16.2. The fraction of sp³-hybridized carbons (Fsp3) is 0.286. The van der Waals surface area contributed by atoms with Crippen LogP contribution in [0.1, 0.15) is 30.2 Å². The molecule has 0 aliphatic carbocycles. The van der Waals surface area contributed by atoms with E-state index < -0.39 is 0 Å². The third kappa shape index (κ3) is 3.74. The Morgan fingerprint density at radius 1 is 1.00 bits per heavy atom. The highest BCUT2D eigenvalue weighted by Gasteiger charge is 2.21. The van der Waals surface area contributed by atoms with Gasteiger partial charge >= 0.3 is 0 Å². The van der Waals surface area contributed by atoms with Crippen molar-refractivity contribution in [1.29, 1.82) is 0 Å². The SMILES string of the molecule is Oc1ccc(C2CCN(Cc3ncc(-c4ccccc4)o3)CC2)cc1. The summed E-state index contributed by atoms with van der Waals surface area (Å²) in [6.45, 7) is 2.83. The van der Waals surface area contributed by atoms with Crippen molar-refractivity contribution >= 4 is 0 Å². The zero-order chi connectivity index (χ0) is 17.1. The van der Waals surface area contributed by atoms with Crippen LogP contribution in [0.3, 0.4) is 0 Å². The van der Waals surface area contributed by atoms with Crippen LogP contribution in [0.15, 0.2) is 65.2 Å². The molecule has 1 aromatic heterocycles. The molecule has 4 heteroatoms. The van der Waals surface area contributed by atoms with Gasteiger partial charge in [-0.25, -0.2) is 4.98 Å². The van der Waals surface area contributed by atoms with Gasteiger partial charge < -0.3 is 9.52 Å². The maximum atomic E-state index is 9.42. The average Bonchev–Trinajstić information content (AvgIpc) is 3.12. The van der Waals surface area contributed by atoms with Crippen molar-refractivity contribution in [1.82, 2.24) is 9.88 Å². The minimum absolute atomic E-state index is 0.333. The van der Waals surface area contributed by atoms with Gasteiger partial charge in [-0.15, -0.1) is 0 Å². The molecule has 0 unspecified atom stereocenters. The van der Waals surface area contributed by atoms with Crippen LogP contribution < -0.4 is 0 Å². The van der Waals surface area contributed by atoms with Crippen molar-refractivity contribution in [2.75, 3.05) is 13.1 Å². The number of rotatable bonds is 4. The molecule has 0 radical (unpaired) electrons. The molecule has 0 amide bonds. The van der Waals surface area contributed by atoms with Crippen molar-refractivity contribution in [3.05, 3.63) is 72.2 Å². The first kappa shape index (κ1) is 15.9. The molecule has 128 valence electrons. The topological polar surface area (TPSA) is 49.5 Å². The maximum absolute atomic E-state index is 9.42. The van der Waals surface area contributed by atoms with Crippen LogP contribution in [0.4, 0.5) is 0 Å². The lowest BCUT2D eigenvalue weighted by atomic mass is 9.89. The third-order valence-electron chi connectivity index (χ3n) is 4.92. The minimum atomic E-state index is 0.333. The van der Waals surface area contributed by atoms with Gasteiger partial charge in [0.05, 0.1) is 12.7 Å². The first-order chi connectivity index (χ1) is 12.3. The van der Waals surface area contributed by atoms with Gasteiger partial charge in [0, 0.05) is 5.56 Å². The van der Waals surface area contributed by atoms with Crippen LogP contribution in [-0.2, 0) is 6.54 Å². The molecule has 0 saturated carbocycles. The molecular formula is C21H22N2O2. The van der Waals surface area contributed by atoms with Gasteiger partial charge in [0.2, 0.25) is 5.89 Å². The lowest BCUT2D eigenvalue weighted by Crippen LogP contribution is -2.32. The monoisotopic (exact) mass is 334 g/mol. The number of aromatic nitrogens is 1. The number of benzene rings is 2. The Balaban J connectivity index is 1.34. The smallest absolute Gasteiger partial charge is 0.209 e.